The number of aliphatic carboxylic acids is 1. The van der Waals surface area contributed by atoms with E-state index in [4.69, 9.17) is 14.7 Å². The molecule has 2 aromatic heterocycles. The molecule has 0 aliphatic heterocycles. The highest BCUT2D eigenvalue weighted by atomic mass is 32.2. The first kappa shape index (κ1) is 29.3. The molecule has 0 fully saturated rings. The molecular weight excluding hydrogens is 568 g/mol. The Balaban J connectivity index is 1.28. The van der Waals surface area contributed by atoms with E-state index in [1.807, 2.05) is 66.9 Å². The molecule has 6 aromatic rings. The number of anilines is 1. The van der Waals surface area contributed by atoms with E-state index in [9.17, 15) is 9.90 Å². The highest BCUT2D eigenvalue weighted by molar-refractivity contribution is 7.99. The van der Waals surface area contributed by atoms with Crippen LogP contribution in [0.1, 0.15) is 30.9 Å². The number of carbonyl (C=O) groups is 1. The lowest BCUT2D eigenvalue weighted by Crippen LogP contribution is -2.27. The van der Waals surface area contributed by atoms with Crippen LogP contribution >= 0.6 is 11.9 Å². The molecule has 7 nitrogen and oxygen atoms in total. The maximum Gasteiger partial charge on any atom is 0.309 e. The third-order valence-corrected chi connectivity index (χ3v) is 8.19. The molecule has 6 rings (SSSR count). The van der Waals surface area contributed by atoms with Crippen molar-refractivity contribution in [1.82, 2.24) is 14.5 Å². The van der Waals surface area contributed by atoms with Crippen molar-refractivity contribution in [3.63, 3.8) is 0 Å². The fourth-order valence-corrected chi connectivity index (χ4v) is 5.68. The Kier molecular flexibility index (Phi) is 8.26. The van der Waals surface area contributed by atoms with E-state index in [1.54, 1.807) is 25.8 Å². The molecule has 4 aromatic carbocycles. The van der Waals surface area contributed by atoms with Gasteiger partial charge in [-0.1, -0.05) is 78.7 Å². The number of para-hydroxylation sites is 2. The molecular formula is C36H34N4O3S. The molecule has 2 N–H and O–H groups in total. The molecule has 0 saturated heterocycles. The topological polar surface area (TPSA) is 89.3 Å². The Morgan fingerprint density at radius 3 is 2.48 bits per heavy atom. The molecule has 44 heavy (non-hydrogen) atoms. The molecule has 0 bridgehead atoms. The van der Waals surface area contributed by atoms with Gasteiger partial charge < -0.3 is 19.1 Å². The van der Waals surface area contributed by atoms with Gasteiger partial charge in [0.25, 0.3) is 0 Å². The first-order valence-electron chi connectivity index (χ1n) is 14.5. The normalized spacial score (nSPS) is 11.6. The van der Waals surface area contributed by atoms with Crippen molar-refractivity contribution in [2.24, 2.45) is 5.41 Å². The Hall–Kier alpha value is -4.82. The maximum absolute atomic E-state index is 12.0. The molecule has 0 radical (unpaired) electrons. The summed E-state index contributed by atoms with van der Waals surface area (Å²) < 4.78 is 11.6. The van der Waals surface area contributed by atoms with Gasteiger partial charge in [-0.25, -0.2) is 9.97 Å². The second-order valence-corrected chi connectivity index (χ2v) is 12.1. The van der Waals surface area contributed by atoms with Gasteiger partial charge in [-0.3, -0.25) is 4.79 Å². The van der Waals surface area contributed by atoms with Gasteiger partial charge in [0.2, 0.25) is 0 Å². The quantitative estimate of drug-likeness (QED) is 0.144. The molecule has 0 unspecified atom stereocenters. The SMILES string of the molecule is CSNc1ccccc1-c1ccc(Cn2c(CC(C)(C)C(=O)O)nc3cc(OCc4ccc5ccccc5n4)ccc32)cc1. The van der Waals surface area contributed by atoms with Crippen molar-refractivity contribution in [3.05, 3.63) is 120 Å². The third kappa shape index (κ3) is 6.26. The lowest BCUT2D eigenvalue weighted by molar-refractivity contribution is -0.146. The zero-order valence-electron chi connectivity index (χ0n) is 24.9. The van der Waals surface area contributed by atoms with Gasteiger partial charge in [0, 0.05) is 36.2 Å². The number of benzene rings is 4. The van der Waals surface area contributed by atoms with Gasteiger partial charge in [-0.15, -0.1) is 0 Å². The van der Waals surface area contributed by atoms with Crippen molar-refractivity contribution in [1.29, 1.82) is 0 Å². The molecule has 0 amide bonds. The lowest BCUT2D eigenvalue weighted by Gasteiger charge is -2.19. The standard InChI is InChI=1S/C36H34N4O3S/c1-36(2,35(41)42)21-34-38-32-20-28(43-23-27-17-16-26-8-4-6-10-30(26)37-27)18-19-33(32)40(34)22-24-12-14-25(15-13-24)29-9-5-7-11-31(29)39-44-3/h4-20,39H,21-23H2,1-3H3,(H,41,42). The highest BCUT2D eigenvalue weighted by Crippen LogP contribution is 2.31. The maximum atomic E-state index is 12.0. The molecule has 2 heterocycles. The van der Waals surface area contributed by atoms with Gasteiger partial charge in [0.1, 0.15) is 18.2 Å². The first-order valence-corrected chi connectivity index (χ1v) is 15.7. The number of nitrogens with zero attached hydrogens (tertiary/aromatic N) is 3. The number of aromatic nitrogens is 3. The van der Waals surface area contributed by atoms with Crippen LogP contribution in [0.4, 0.5) is 5.69 Å². The van der Waals surface area contributed by atoms with E-state index in [0.29, 0.717) is 25.3 Å². The monoisotopic (exact) mass is 602 g/mol. The van der Waals surface area contributed by atoms with Gasteiger partial charge in [0.15, 0.2) is 0 Å². The molecule has 0 aliphatic carbocycles. The van der Waals surface area contributed by atoms with E-state index < -0.39 is 11.4 Å². The number of carboxylic acid groups (broad SMARTS) is 1. The van der Waals surface area contributed by atoms with Crippen molar-refractivity contribution in [2.45, 2.75) is 33.4 Å². The van der Waals surface area contributed by atoms with Crippen LogP contribution in [0.3, 0.4) is 0 Å². The fourth-order valence-electron chi connectivity index (χ4n) is 5.28. The van der Waals surface area contributed by atoms with Crippen LogP contribution < -0.4 is 9.46 Å². The highest BCUT2D eigenvalue weighted by Gasteiger charge is 2.30. The third-order valence-electron chi connectivity index (χ3n) is 7.77. The van der Waals surface area contributed by atoms with E-state index in [0.717, 1.165) is 55.8 Å². The number of rotatable bonds is 11. The molecule has 0 aliphatic rings. The molecule has 0 saturated carbocycles. The average molecular weight is 603 g/mol. The predicted molar refractivity (Wildman–Crippen MR) is 179 cm³/mol. The van der Waals surface area contributed by atoms with Gasteiger partial charge in [0.05, 0.1) is 33.3 Å². The molecule has 8 heteroatoms. The number of pyridine rings is 1. The number of imidazole rings is 1. The zero-order valence-corrected chi connectivity index (χ0v) is 25.8. The minimum Gasteiger partial charge on any atom is -0.487 e. The summed E-state index contributed by atoms with van der Waals surface area (Å²) in [5.74, 6) is 0.548. The number of nitrogens with one attached hydrogen (secondary N) is 1. The summed E-state index contributed by atoms with van der Waals surface area (Å²) in [6, 6.07) is 34.6. The summed E-state index contributed by atoms with van der Waals surface area (Å²) in [6.45, 7) is 4.36. The van der Waals surface area contributed by atoms with Crippen LogP contribution in [-0.4, -0.2) is 31.9 Å². The van der Waals surface area contributed by atoms with Crippen molar-refractivity contribution in [2.75, 3.05) is 11.0 Å². The smallest absolute Gasteiger partial charge is 0.309 e. The average Bonchev–Trinajstić information content (AvgIpc) is 3.35. The molecule has 0 atom stereocenters. The lowest BCUT2D eigenvalue weighted by atomic mass is 9.89. The van der Waals surface area contributed by atoms with Gasteiger partial charge in [-0.2, -0.15) is 0 Å². The van der Waals surface area contributed by atoms with Crippen LogP contribution in [0.2, 0.25) is 0 Å². The Morgan fingerprint density at radius 2 is 1.68 bits per heavy atom. The Bertz CT molecular complexity index is 1950. The van der Waals surface area contributed by atoms with Crippen LogP contribution in [-0.2, 0) is 24.4 Å². The largest absolute Gasteiger partial charge is 0.487 e. The number of carboxylic acids is 1. The van der Waals surface area contributed by atoms with E-state index in [2.05, 4.69) is 51.8 Å². The van der Waals surface area contributed by atoms with Crippen molar-refractivity contribution >= 4 is 45.5 Å². The van der Waals surface area contributed by atoms with Crippen molar-refractivity contribution < 1.29 is 14.6 Å². The number of hydrogen-bond acceptors (Lipinski definition) is 6. The predicted octanol–water partition coefficient (Wildman–Crippen LogP) is 8.22. The first-order chi connectivity index (χ1) is 21.3. The summed E-state index contributed by atoms with van der Waals surface area (Å²) in [4.78, 5) is 21.7. The summed E-state index contributed by atoms with van der Waals surface area (Å²) in [5.41, 5.74) is 6.91. The van der Waals surface area contributed by atoms with Crippen LogP contribution in [0, 0.1) is 5.41 Å². The summed E-state index contributed by atoms with van der Waals surface area (Å²) in [7, 11) is 0. The molecule has 0 spiro atoms. The fraction of sp³-hybridized carbons (Fsp3) is 0.194. The Labute approximate surface area is 261 Å². The van der Waals surface area contributed by atoms with Gasteiger partial charge in [-0.05, 0) is 55.3 Å². The zero-order chi connectivity index (χ0) is 30.7. The Morgan fingerprint density at radius 1 is 0.909 bits per heavy atom. The summed E-state index contributed by atoms with van der Waals surface area (Å²) >= 11 is 1.57. The summed E-state index contributed by atoms with van der Waals surface area (Å²) in [6.07, 6.45) is 2.30. The van der Waals surface area contributed by atoms with E-state index in [1.165, 1.54) is 0 Å². The van der Waals surface area contributed by atoms with Crippen LogP contribution in [0.25, 0.3) is 33.1 Å². The minimum atomic E-state index is -0.974. The van der Waals surface area contributed by atoms with E-state index in [-0.39, 0.29) is 0 Å². The molecule has 222 valence electrons. The number of ether oxygens (including phenoxy) is 1. The minimum absolute atomic E-state index is 0.292. The number of hydrogen-bond donors (Lipinski definition) is 2. The van der Waals surface area contributed by atoms with Crippen LogP contribution in [0.5, 0.6) is 5.75 Å². The summed E-state index contributed by atoms with van der Waals surface area (Å²) in [5, 5.41) is 11.0. The van der Waals surface area contributed by atoms with Gasteiger partial charge >= 0.3 is 5.97 Å². The number of fused-ring (bicyclic) bond motifs is 2. The second kappa shape index (κ2) is 12.4. The van der Waals surface area contributed by atoms with E-state index >= 15 is 0 Å². The second-order valence-electron chi connectivity index (χ2n) is 11.5. The van der Waals surface area contributed by atoms with Crippen molar-refractivity contribution in [3.8, 4) is 16.9 Å². The van der Waals surface area contributed by atoms with Crippen LogP contribution in [0.15, 0.2) is 103 Å².